The lowest BCUT2D eigenvalue weighted by Gasteiger charge is -2.19. The number of nitrogens with two attached hydrogens (primary N) is 1. The Hall–Kier alpha value is -0.630. The molecule has 2 atom stereocenters. The highest BCUT2D eigenvalue weighted by molar-refractivity contribution is 7.99. The van der Waals surface area contributed by atoms with Crippen LogP contribution >= 0.6 is 11.8 Å². The molecule has 112 valence electrons. The molecular weight excluding hydrogens is 299 g/mol. The first-order chi connectivity index (χ1) is 9.47. The van der Waals surface area contributed by atoms with Gasteiger partial charge in [-0.1, -0.05) is 6.42 Å². The van der Waals surface area contributed by atoms with Gasteiger partial charge in [0.25, 0.3) is 0 Å². The summed E-state index contributed by atoms with van der Waals surface area (Å²) >= 11 is 1.68. The Bertz CT molecular complexity index is 578. The van der Waals surface area contributed by atoms with Crippen LogP contribution in [0.25, 0.3) is 0 Å². The van der Waals surface area contributed by atoms with Gasteiger partial charge in [-0.15, -0.1) is 0 Å². The van der Waals surface area contributed by atoms with Crippen LogP contribution in [0.4, 0.5) is 4.39 Å². The van der Waals surface area contributed by atoms with Crippen LogP contribution in [-0.4, -0.2) is 26.0 Å². The molecule has 2 rings (SSSR count). The predicted octanol–water partition coefficient (Wildman–Crippen LogP) is 1.85. The second-order valence-corrected chi connectivity index (χ2v) is 7.68. The molecule has 0 radical (unpaired) electrons. The lowest BCUT2D eigenvalue weighted by Crippen LogP contribution is -2.38. The minimum Gasteiger partial charge on any atom is -0.326 e. The van der Waals surface area contributed by atoms with Gasteiger partial charge >= 0.3 is 0 Å². The molecule has 2 unspecified atom stereocenters. The van der Waals surface area contributed by atoms with Gasteiger partial charge in [0, 0.05) is 23.4 Å². The molecule has 0 aromatic heterocycles. The molecular formula is C13H19FN2O2S2. The maximum Gasteiger partial charge on any atom is 0.240 e. The van der Waals surface area contributed by atoms with Gasteiger partial charge in [-0.2, -0.15) is 11.8 Å². The highest BCUT2D eigenvalue weighted by Gasteiger charge is 2.30. The number of nitrogens with one attached hydrogen (secondary N) is 1. The van der Waals surface area contributed by atoms with Crippen LogP contribution in [-0.2, 0) is 16.6 Å². The fourth-order valence-electron chi connectivity index (χ4n) is 2.48. The molecule has 1 saturated carbocycles. The van der Waals surface area contributed by atoms with E-state index in [4.69, 9.17) is 5.73 Å². The van der Waals surface area contributed by atoms with Gasteiger partial charge in [0.05, 0.1) is 4.90 Å². The first kappa shape index (κ1) is 15.8. The predicted molar refractivity (Wildman–Crippen MR) is 79.6 cm³/mol. The molecule has 1 aromatic carbocycles. The second kappa shape index (κ2) is 6.43. The van der Waals surface area contributed by atoms with Gasteiger partial charge < -0.3 is 5.73 Å². The Balaban J connectivity index is 2.22. The summed E-state index contributed by atoms with van der Waals surface area (Å²) < 4.78 is 40.8. The third-order valence-corrected chi connectivity index (χ3v) is 6.27. The largest absolute Gasteiger partial charge is 0.326 e. The topological polar surface area (TPSA) is 72.2 Å². The molecule has 3 N–H and O–H groups in total. The molecule has 0 aliphatic heterocycles. The zero-order valence-corrected chi connectivity index (χ0v) is 12.9. The van der Waals surface area contributed by atoms with Gasteiger partial charge in [-0.25, -0.2) is 17.5 Å². The molecule has 7 heteroatoms. The highest BCUT2D eigenvalue weighted by Crippen LogP contribution is 2.29. The van der Waals surface area contributed by atoms with Crippen LogP contribution in [0.2, 0.25) is 0 Å². The summed E-state index contributed by atoms with van der Waals surface area (Å²) in [6, 6.07) is 3.68. The third kappa shape index (κ3) is 3.33. The summed E-state index contributed by atoms with van der Waals surface area (Å²) in [4.78, 5) is 0.0751. The number of sulfonamides is 1. The minimum absolute atomic E-state index is 0.0218. The number of halogens is 1. The Kier molecular flexibility index (Phi) is 5.06. The minimum atomic E-state index is -3.62. The SMILES string of the molecule is CSC1CCCC1NS(=O)(=O)c1ccc(F)c(CN)c1. The van der Waals surface area contributed by atoms with Gasteiger partial charge in [0.15, 0.2) is 0 Å². The molecule has 1 aliphatic rings. The van der Waals surface area contributed by atoms with Crippen LogP contribution in [0.15, 0.2) is 23.1 Å². The molecule has 0 spiro atoms. The fraction of sp³-hybridized carbons (Fsp3) is 0.538. The fourth-order valence-corrected chi connectivity index (χ4v) is 4.87. The summed E-state index contributed by atoms with van der Waals surface area (Å²) in [5.74, 6) is -0.477. The van der Waals surface area contributed by atoms with Gasteiger partial charge in [-0.05, 0) is 37.3 Å². The second-order valence-electron chi connectivity index (χ2n) is 4.89. The summed E-state index contributed by atoms with van der Waals surface area (Å²) in [7, 11) is -3.62. The summed E-state index contributed by atoms with van der Waals surface area (Å²) in [5.41, 5.74) is 5.62. The molecule has 0 heterocycles. The molecule has 4 nitrogen and oxygen atoms in total. The monoisotopic (exact) mass is 318 g/mol. The average molecular weight is 318 g/mol. The van der Waals surface area contributed by atoms with E-state index < -0.39 is 15.8 Å². The number of thioether (sulfide) groups is 1. The molecule has 1 aliphatic carbocycles. The van der Waals surface area contributed by atoms with Gasteiger partial charge in [0.2, 0.25) is 10.0 Å². The van der Waals surface area contributed by atoms with Crippen LogP contribution in [0, 0.1) is 5.82 Å². The molecule has 1 fully saturated rings. The molecule has 0 saturated heterocycles. The maximum absolute atomic E-state index is 13.4. The standard InChI is InChI=1S/C13H19FN2O2S2/c1-19-13-4-2-3-12(13)16-20(17,18)10-5-6-11(14)9(7-10)8-15/h5-7,12-13,16H,2-4,8,15H2,1H3. The van der Waals surface area contributed by atoms with Crippen molar-refractivity contribution in [3.05, 3.63) is 29.6 Å². The van der Waals surface area contributed by atoms with E-state index in [-0.39, 0.29) is 23.0 Å². The number of rotatable bonds is 5. The molecule has 0 bridgehead atoms. The summed E-state index contributed by atoms with van der Waals surface area (Å²) in [6.07, 6.45) is 4.87. The van der Waals surface area contributed by atoms with E-state index in [2.05, 4.69) is 4.72 Å². The lowest BCUT2D eigenvalue weighted by atomic mass is 10.2. The van der Waals surface area contributed by atoms with E-state index in [1.807, 2.05) is 6.26 Å². The Morgan fingerprint density at radius 1 is 1.45 bits per heavy atom. The van der Waals surface area contributed by atoms with Crippen molar-refractivity contribution in [3.63, 3.8) is 0 Å². The van der Waals surface area contributed by atoms with Crippen molar-refractivity contribution in [2.75, 3.05) is 6.26 Å². The van der Waals surface area contributed by atoms with Crippen molar-refractivity contribution in [3.8, 4) is 0 Å². The lowest BCUT2D eigenvalue weighted by molar-refractivity contribution is 0.554. The third-order valence-electron chi connectivity index (χ3n) is 3.61. The summed E-state index contributed by atoms with van der Waals surface area (Å²) in [5, 5.41) is 0.305. The maximum atomic E-state index is 13.4. The first-order valence-corrected chi connectivity index (χ1v) is 9.28. The quantitative estimate of drug-likeness (QED) is 0.869. The molecule has 1 aromatic rings. The summed E-state index contributed by atoms with van der Waals surface area (Å²) in [6.45, 7) is -0.0218. The van der Waals surface area contributed by atoms with Crippen molar-refractivity contribution in [2.45, 2.75) is 42.0 Å². The van der Waals surface area contributed by atoms with E-state index in [0.29, 0.717) is 5.25 Å². The van der Waals surface area contributed by atoms with Gasteiger partial charge in [-0.3, -0.25) is 0 Å². The van der Waals surface area contributed by atoms with Crippen LogP contribution in [0.3, 0.4) is 0 Å². The van der Waals surface area contributed by atoms with E-state index in [1.54, 1.807) is 11.8 Å². The number of hydrogen-bond donors (Lipinski definition) is 2. The van der Waals surface area contributed by atoms with Gasteiger partial charge in [0.1, 0.15) is 5.82 Å². The van der Waals surface area contributed by atoms with E-state index in [1.165, 1.54) is 12.1 Å². The van der Waals surface area contributed by atoms with E-state index in [0.717, 1.165) is 25.3 Å². The Labute approximate surface area is 123 Å². The number of hydrogen-bond acceptors (Lipinski definition) is 4. The Morgan fingerprint density at radius 3 is 2.85 bits per heavy atom. The van der Waals surface area contributed by atoms with Crippen molar-refractivity contribution in [2.24, 2.45) is 5.73 Å². The number of benzene rings is 1. The average Bonchev–Trinajstić information content (AvgIpc) is 2.85. The zero-order valence-electron chi connectivity index (χ0n) is 11.3. The van der Waals surface area contributed by atoms with E-state index in [9.17, 15) is 12.8 Å². The zero-order chi connectivity index (χ0) is 14.8. The van der Waals surface area contributed by atoms with Crippen molar-refractivity contribution in [1.82, 2.24) is 4.72 Å². The molecule has 0 amide bonds. The van der Waals surface area contributed by atoms with Crippen LogP contribution < -0.4 is 10.5 Å². The molecule has 20 heavy (non-hydrogen) atoms. The van der Waals surface area contributed by atoms with Crippen LogP contribution in [0.1, 0.15) is 24.8 Å². The van der Waals surface area contributed by atoms with Crippen molar-refractivity contribution < 1.29 is 12.8 Å². The van der Waals surface area contributed by atoms with Crippen LogP contribution in [0.5, 0.6) is 0 Å². The smallest absolute Gasteiger partial charge is 0.240 e. The first-order valence-electron chi connectivity index (χ1n) is 6.51. The normalized spacial score (nSPS) is 23.1. The Morgan fingerprint density at radius 2 is 2.20 bits per heavy atom. The van der Waals surface area contributed by atoms with E-state index >= 15 is 0 Å². The van der Waals surface area contributed by atoms with Crippen molar-refractivity contribution >= 4 is 21.8 Å². The van der Waals surface area contributed by atoms with Crippen molar-refractivity contribution in [1.29, 1.82) is 0 Å². The highest BCUT2D eigenvalue weighted by atomic mass is 32.2.